The predicted molar refractivity (Wildman–Crippen MR) is 79.2 cm³/mol. The number of rotatable bonds is 3. The van der Waals surface area contributed by atoms with E-state index in [1.807, 2.05) is 43.0 Å². The van der Waals surface area contributed by atoms with E-state index in [0.717, 1.165) is 28.0 Å². The number of hydrogen-bond acceptors (Lipinski definition) is 5. The van der Waals surface area contributed by atoms with Crippen LogP contribution in [0.25, 0.3) is 10.9 Å². The number of nitrogens with zero attached hydrogens (tertiary/aromatic N) is 4. The van der Waals surface area contributed by atoms with Crippen molar-refractivity contribution in [2.24, 2.45) is 7.05 Å². The number of benzene rings is 1. The molecule has 0 radical (unpaired) electrons. The summed E-state index contributed by atoms with van der Waals surface area (Å²) in [7, 11) is 1.92. The number of nitrogens with two attached hydrogens (primary N) is 1. The van der Waals surface area contributed by atoms with E-state index in [1.165, 1.54) is 0 Å². The number of aromatic nitrogens is 4. The summed E-state index contributed by atoms with van der Waals surface area (Å²) in [6.07, 6.45) is 3.55. The van der Waals surface area contributed by atoms with E-state index >= 15 is 0 Å². The highest BCUT2D eigenvalue weighted by molar-refractivity contribution is 5.90. The lowest BCUT2D eigenvalue weighted by molar-refractivity contribution is 0.756. The van der Waals surface area contributed by atoms with Crippen LogP contribution < -0.4 is 11.1 Å². The van der Waals surface area contributed by atoms with E-state index in [4.69, 9.17) is 5.73 Å². The number of hydrogen-bond donors (Lipinski definition) is 2. The summed E-state index contributed by atoms with van der Waals surface area (Å²) >= 11 is 0. The Labute approximate surface area is 116 Å². The molecule has 0 fully saturated rings. The highest BCUT2D eigenvalue weighted by Gasteiger charge is 2.06. The normalized spacial score (nSPS) is 10.9. The maximum Gasteiger partial charge on any atom is 0.137 e. The summed E-state index contributed by atoms with van der Waals surface area (Å²) < 4.78 is 1.81. The SMILES string of the molecule is Cc1nn(C)cc1CNc1ncnc2cc(N)ccc12. The first-order chi connectivity index (χ1) is 9.63. The molecule has 0 unspecified atom stereocenters. The fourth-order valence-electron chi connectivity index (χ4n) is 2.22. The van der Waals surface area contributed by atoms with Gasteiger partial charge < -0.3 is 11.1 Å². The van der Waals surface area contributed by atoms with Crippen molar-refractivity contribution in [1.82, 2.24) is 19.7 Å². The van der Waals surface area contributed by atoms with Gasteiger partial charge in [-0.15, -0.1) is 0 Å². The van der Waals surface area contributed by atoms with E-state index < -0.39 is 0 Å². The Morgan fingerprint density at radius 2 is 2.15 bits per heavy atom. The Balaban J connectivity index is 1.89. The van der Waals surface area contributed by atoms with E-state index in [1.54, 1.807) is 6.33 Å². The van der Waals surface area contributed by atoms with E-state index in [-0.39, 0.29) is 0 Å². The molecular weight excluding hydrogens is 252 g/mol. The van der Waals surface area contributed by atoms with Gasteiger partial charge in [0.2, 0.25) is 0 Å². The van der Waals surface area contributed by atoms with Crippen molar-refractivity contribution < 1.29 is 0 Å². The van der Waals surface area contributed by atoms with Gasteiger partial charge >= 0.3 is 0 Å². The molecule has 0 aliphatic heterocycles. The first-order valence-electron chi connectivity index (χ1n) is 6.37. The molecule has 0 aliphatic carbocycles. The lowest BCUT2D eigenvalue weighted by Crippen LogP contribution is -2.03. The van der Waals surface area contributed by atoms with Crippen LogP contribution in [0.2, 0.25) is 0 Å². The lowest BCUT2D eigenvalue weighted by atomic mass is 10.2. The first-order valence-corrected chi connectivity index (χ1v) is 6.37. The molecule has 2 heterocycles. The third-order valence-corrected chi connectivity index (χ3v) is 3.22. The second-order valence-corrected chi connectivity index (χ2v) is 4.77. The minimum absolute atomic E-state index is 0.677. The van der Waals surface area contributed by atoms with Crippen LogP contribution in [0.4, 0.5) is 11.5 Å². The molecule has 2 aromatic heterocycles. The highest BCUT2D eigenvalue weighted by atomic mass is 15.3. The van der Waals surface area contributed by atoms with Gasteiger partial charge in [0.1, 0.15) is 12.1 Å². The Bertz CT molecular complexity index is 761. The number of aryl methyl sites for hydroxylation is 2. The Morgan fingerprint density at radius 3 is 2.90 bits per heavy atom. The summed E-state index contributed by atoms with van der Waals surface area (Å²) in [5.74, 6) is 0.804. The second kappa shape index (κ2) is 4.80. The molecule has 0 bridgehead atoms. The van der Waals surface area contributed by atoms with Gasteiger partial charge in [0.25, 0.3) is 0 Å². The zero-order valence-corrected chi connectivity index (χ0v) is 11.5. The summed E-state index contributed by atoms with van der Waals surface area (Å²) in [5.41, 5.74) is 9.47. The molecule has 6 heteroatoms. The predicted octanol–water partition coefficient (Wildman–Crippen LogP) is 1.87. The molecule has 0 atom stereocenters. The number of nitrogens with one attached hydrogen (secondary N) is 1. The van der Waals surface area contributed by atoms with E-state index in [0.29, 0.717) is 12.2 Å². The minimum Gasteiger partial charge on any atom is -0.399 e. The fraction of sp³-hybridized carbons (Fsp3) is 0.214. The van der Waals surface area contributed by atoms with Crippen LogP contribution in [0.1, 0.15) is 11.3 Å². The Hall–Kier alpha value is -2.63. The molecular formula is C14H16N6. The van der Waals surface area contributed by atoms with Gasteiger partial charge in [-0.05, 0) is 25.1 Å². The maximum absolute atomic E-state index is 5.77. The van der Waals surface area contributed by atoms with Crippen LogP contribution in [0, 0.1) is 6.92 Å². The maximum atomic E-state index is 5.77. The molecule has 0 aliphatic rings. The van der Waals surface area contributed by atoms with E-state index in [9.17, 15) is 0 Å². The van der Waals surface area contributed by atoms with Crippen molar-refractivity contribution in [2.75, 3.05) is 11.1 Å². The number of anilines is 2. The van der Waals surface area contributed by atoms with Crippen LogP contribution in [-0.4, -0.2) is 19.7 Å². The standard InChI is InChI=1S/C14H16N6/c1-9-10(7-20(2)19-9)6-16-14-12-4-3-11(15)5-13(12)17-8-18-14/h3-5,7-8H,6,15H2,1-2H3,(H,16,17,18). The van der Waals surface area contributed by atoms with Gasteiger partial charge in [0.05, 0.1) is 11.2 Å². The van der Waals surface area contributed by atoms with Gasteiger partial charge in [0, 0.05) is 36.4 Å². The van der Waals surface area contributed by atoms with Gasteiger partial charge in [-0.25, -0.2) is 9.97 Å². The van der Waals surface area contributed by atoms with Crippen LogP contribution in [0.15, 0.2) is 30.7 Å². The molecule has 1 aromatic carbocycles. The quantitative estimate of drug-likeness (QED) is 0.709. The number of nitrogen functional groups attached to an aromatic ring is 1. The highest BCUT2D eigenvalue weighted by Crippen LogP contribution is 2.21. The molecule has 3 N–H and O–H groups in total. The third kappa shape index (κ3) is 2.27. The topological polar surface area (TPSA) is 81.7 Å². The van der Waals surface area contributed by atoms with Crippen molar-refractivity contribution in [3.05, 3.63) is 42.0 Å². The van der Waals surface area contributed by atoms with Crippen molar-refractivity contribution >= 4 is 22.4 Å². The largest absolute Gasteiger partial charge is 0.399 e. The average molecular weight is 268 g/mol. The molecule has 3 aromatic rings. The van der Waals surface area contributed by atoms with Crippen LogP contribution in [0.5, 0.6) is 0 Å². The smallest absolute Gasteiger partial charge is 0.137 e. The molecule has 3 rings (SSSR count). The molecule has 0 amide bonds. The minimum atomic E-state index is 0.677. The molecule has 0 saturated heterocycles. The van der Waals surface area contributed by atoms with Gasteiger partial charge in [-0.3, -0.25) is 4.68 Å². The lowest BCUT2D eigenvalue weighted by Gasteiger charge is -2.08. The summed E-state index contributed by atoms with van der Waals surface area (Å²) in [6.45, 7) is 2.67. The average Bonchev–Trinajstić information content (AvgIpc) is 2.74. The Kier molecular flexibility index (Phi) is 2.98. The molecule has 6 nitrogen and oxygen atoms in total. The molecule has 0 saturated carbocycles. The zero-order chi connectivity index (χ0) is 14.1. The second-order valence-electron chi connectivity index (χ2n) is 4.77. The van der Waals surface area contributed by atoms with Crippen molar-refractivity contribution in [3.63, 3.8) is 0 Å². The molecule has 102 valence electrons. The van der Waals surface area contributed by atoms with Gasteiger partial charge in [-0.1, -0.05) is 0 Å². The third-order valence-electron chi connectivity index (χ3n) is 3.22. The monoisotopic (exact) mass is 268 g/mol. The van der Waals surface area contributed by atoms with Crippen LogP contribution in [-0.2, 0) is 13.6 Å². The van der Waals surface area contributed by atoms with Crippen LogP contribution >= 0.6 is 0 Å². The fourth-order valence-corrected chi connectivity index (χ4v) is 2.22. The van der Waals surface area contributed by atoms with Crippen LogP contribution in [0.3, 0.4) is 0 Å². The first kappa shape index (κ1) is 12.4. The Morgan fingerprint density at radius 1 is 1.30 bits per heavy atom. The number of fused-ring (bicyclic) bond motifs is 1. The molecule has 20 heavy (non-hydrogen) atoms. The van der Waals surface area contributed by atoms with Gasteiger partial charge in [-0.2, -0.15) is 5.10 Å². The summed E-state index contributed by atoms with van der Waals surface area (Å²) in [6, 6.07) is 5.63. The zero-order valence-electron chi connectivity index (χ0n) is 11.5. The summed E-state index contributed by atoms with van der Waals surface area (Å²) in [5, 5.41) is 8.62. The van der Waals surface area contributed by atoms with Crippen molar-refractivity contribution in [3.8, 4) is 0 Å². The van der Waals surface area contributed by atoms with Crippen molar-refractivity contribution in [2.45, 2.75) is 13.5 Å². The van der Waals surface area contributed by atoms with Gasteiger partial charge in [0.15, 0.2) is 0 Å². The summed E-state index contributed by atoms with van der Waals surface area (Å²) in [4.78, 5) is 8.53. The van der Waals surface area contributed by atoms with E-state index in [2.05, 4.69) is 20.4 Å². The van der Waals surface area contributed by atoms with Crippen molar-refractivity contribution in [1.29, 1.82) is 0 Å². The molecule has 0 spiro atoms.